The summed E-state index contributed by atoms with van der Waals surface area (Å²) in [4.78, 5) is 13.9. The topological polar surface area (TPSA) is 49.8 Å². The van der Waals surface area contributed by atoms with Gasteiger partial charge in [-0.25, -0.2) is 4.98 Å². The summed E-state index contributed by atoms with van der Waals surface area (Å²) in [7, 11) is 2.18. The molecule has 0 radical (unpaired) electrons. The Morgan fingerprint density at radius 1 is 1.11 bits per heavy atom. The molecule has 0 spiro atoms. The van der Waals surface area contributed by atoms with Gasteiger partial charge in [0.2, 0.25) is 0 Å². The fourth-order valence-corrected chi connectivity index (χ4v) is 3.97. The van der Waals surface area contributed by atoms with Crippen LogP contribution in [-0.2, 0) is 6.54 Å². The van der Waals surface area contributed by atoms with Gasteiger partial charge in [-0.1, -0.05) is 12.1 Å². The van der Waals surface area contributed by atoms with E-state index in [2.05, 4.69) is 50.6 Å². The first-order valence-electron chi connectivity index (χ1n) is 9.60. The van der Waals surface area contributed by atoms with Gasteiger partial charge in [-0.2, -0.15) is 0 Å². The molecule has 0 saturated carbocycles. The van der Waals surface area contributed by atoms with Crippen LogP contribution in [0.4, 0.5) is 0 Å². The highest BCUT2D eigenvalue weighted by Gasteiger charge is 2.29. The van der Waals surface area contributed by atoms with E-state index in [1.165, 1.54) is 0 Å². The van der Waals surface area contributed by atoms with E-state index in [1.54, 1.807) is 12.5 Å². The molecule has 1 atom stereocenters. The predicted octanol–water partition coefficient (Wildman–Crippen LogP) is 3.48. The summed E-state index contributed by atoms with van der Waals surface area (Å²) < 4.78 is 7.66. The third-order valence-corrected chi connectivity index (χ3v) is 5.56. The molecular formula is C22H23N5O. The lowest BCUT2D eigenvalue weighted by Gasteiger charge is -2.38. The second-order valence-corrected chi connectivity index (χ2v) is 7.39. The monoisotopic (exact) mass is 373 g/mol. The fourth-order valence-electron chi connectivity index (χ4n) is 3.97. The second-order valence-electron chi connectivity index (χ2n) is 7.39. The molecule has 0 bridgehead atoms. The first kappa shape index (κ1) is 17.2. The molecule has 1 aliphatic rings. The Morgan fingerprint density at radius 2 is 2.07 bits per heavy atom. The summed E-state index contributed by atoms with van der Waals surface area (Å²) in [5.74, 6) is 1.01. The van der Waals surface area contributed by atoms with Crippen molar-refractivity contribution in [3.8, 4) is 11.1 Å². The maximum Gasteiger partial charge on any atom is 0.117 e. The Hall–Kier alpha value is -2.96. The van der Waals surface area contributed by atoms with Crippen LogP contribution in [0.5, 0.6) is 0 Å². The van der Waals surface area contributed by atoms with Crippen LogP contribution < -0.4 is 0 Å². The number of hydrogen-bond acceptors (Lipinski definition) is 5. The Bertz CT molecular complexity index is 1060. The Kier molecular flexibility index (Phi) is 4.43. The van der Waals surface area contributed by atoms with Crippen molar-refractivity contribution in [1.29, 1.82) is 0 Å². The van der Waals surface area contributed by atoms with E-state index < -0.39 is 0 Å². The van der Waals surface area contributed by atoms with Gasteiger partial charge < -0.3 is 8.82 Å². The number of aromatic nitrogens is 3. The summed E-state index contributed by atoms with van der Waals surface area (Å²) in [6.07, 6.45) is 9.48. The van der Waals surface area contributed by atoms with Crippen LogP contribution in [0.2, 0.25) is 0 Å². The molecule has 142 valence electrons. The minimum absolute atomic E-state index is 0.262. The van der Waals surface area contributed by atoms with Crippen LogP contribution in [-0.4, -0.2) is 50.9 Å². The molecule has 4 aromatic rings. The van der Waals surface area contributed by atoms with Crippen LogP contribution in [0, 0.1) is 0 Å². The lowest BCUT2D eigenvalue weighted by Crippen LogP contribution is -2.46. The molecule has 28 heavy (non-hydrogen) atoms. The molecule has 5 rings (SSSR count). The van der Waals surface area contributed by atoms with E-state index in [4.69, 9.17) is 9.40 Å². The Morgan fingerprint density at radius 3 is 2.89 bits per heavy atom. The number of fused-ring (bicyclic) bond motifs is 1. The number of pyridine rings is 2. The average Bonchev–Trinajstić information content (AvgIpc) is 3.39. The molecule has 6 nitrogen and oxygen atoms in total. The van der Waals surface area contributed by atoms with E-state index in [9.17, 15) is 0 Å². The highest BCUT2D eigenvalue weighted by molar-refractivity contribution is 5.66. The van der Waals surface area contributed by atoms with Crippen molar-refractivity contribution in [1.82, 2.24) is 24.2 Å². The van der Waals surface area contributed by atoms with Crippen LogP contribution in [0.25, 0.3) is 16.6 Å². The zero-order valence-corrected chi connectivity index (χ0v) is 15.9. The van der Waals surface area contributed by atoms with Gasteiger partial charge in [-0.15, -0.1) is 0 Å². The van der Waals surface area contributed by atoms with Gasteiger partial charge in [-0.05, 0) is 36.9 Å². The molecule has 4 aromatic heterocycles. The van der Waals surface area contributed by atoms with Gasteiger partial charge in [0.05, 0.1) is 36.4 Å². The zero-order valence-electron chi connectivity index (χ0n) is 15.9. The van der Waals surface area contributed by atoms with Crippen molar-refractivity contribution in [2.75, 3.05) is 26.7 Å². The standard InChI is InChI=1S/C22H23N5O/c1-25-9-10-26(14-19-5-3-11-28-19)15-21(25)22-20-7-6-18(13-27(20)16-24-22)17-4-2-8-23-12-17/h2-8,11-13,16,21H,9-10,14-15H2,1H3/t21-/m1/s1. The number of piperazine rings is 1. The average molecular weight is 373 g/mol. The number of nitrogens with zero attached hydrogens (tertiary/aromatic N) is 5. The first-order chi connectivity index (χ1) is 13.8. The predicted molar refractivity (Wildman–Crippen MR) is 108 cm³/mol. The maximum absolute atomic E-state index is 5.53. The molecule has 0 N–H and O–H groups in total. The summed E-state index contributed by atoms with van der Waals surface area (Å²) in [6, 6.07) is 12.6. The molecular weight excluding hydrogens is 350 g/mol. The van der Waals surface area contributed by atoms with Gasteiger partial charge in [0, 0.05) is 43.8 Å². The number of hydrogen-bond donors (Lipinski definition) is 0. The summed E-state index contributed by atoms with van der Waals surface area (Å²) >= 11 is 0. The van der Waals surface area contributed by atoms with Gasteiger partial charge in [-0.3, -0.25) is 14.8 Å². The van der Waals surface area contributed by atoms with Crippen LogP contribution in [0.15, 0.2) is 72.0 Å². The minimum atomic E-state index is 0.262. The van der Waals surface area contributed by atoms with Crippen molar-refractivity contribution in [2.45, 2.75) is 12.6 Å². The molecule has 6 heteroatoms. The molecule has 1 saturated heterocycles. The normalized spacial score (nSPS) is 18.7. The zero-order chi connectivity index (χ0) is 18.9. The Labute approximate surface area is 164 Å². The third kappa shape index (κ3) is 3.21. The van der Waals surface area contributed by atoms with Crippen LogP contribution in [0.1, 0.15) is 17.5 Å². The summed E-state index contributed by atoms with van der Waals surface area (Å²) in [5, 5.41) is 0. The number of rotatable bonds is 4. The molecule has 5 heterocycles. The fraction of sp³-hybridized carbons (Fsp3) is 0.273. The molecule has 1 aliphatic heterocycles. The van der Waals surface area contributed by atoms with E-state index in [0.717, 1.165) is 54.3 Å². The second kappa shape index (κ2) is 7.22. The highest BCUT2D eigenvalue weighted by atomic mass is 16.3. The van der Waals surface area contributed by atoms with Crippen LogP contribution >= 0.6 is 0 Å². The SMILES string of the molecule is CN1CCN(Cc2ccco2)C[C@@H]1c1ncn2cc(-c3cccnc3)ccc12. The van der Waals surface area contributed by atoms with E-state index in [-0.39, 0.29) is 6.04 Å². The van der Waals surface area contributed by atoms with Gasteiger partial charge in [0.1, 0.15) is 5.76 Å². The van der Waals surface area contributed by atoms with Crippen molar-refractivity contribution in [3.63, 3.8) is 0 Å². The van der Waals surface area contributed by atoms with Gasteiger partial charge in [0.15, 0.2) is 0 Å². The van der Waals surface area contributed by atoms with Crippen LogP contribution in [0.3, 0.4) is 0 Å². The molecule has 0 unspecified atom stereocenters. The van der Waals surface area contributed by atoms with E-state index in [1.807, 2.05) is 30.7 Å². The highest BCUT2D eigenvalue weighted by Crippen LogP contribution is 2.29. The summed E-state index contributed by atoms with van der Waals surface area (Å²) in [5.41, 5.74) is 4.54. The summed E-state index contributed by atoms with van der Waals surface area (Å²) in [6.45, 7) is 3.82. The van der Waals surface area contributed by atoms with E-state index in [0.29, 0.717) is 0 Å². The number of furan rings is 1. The smallest absolute Gasteiger partial charge is 0.117 e. The largest absolute Gasteiger partial charge is 0.468 e. The minimum Gasteiger partial charge on any atom is -0.468 e. The van der Waals surface area contributed by atoms with Crippen molar-refractivity contribution < 1.29 is 4.42 Å². The molecule has 0 aliphatic carbocycles. The van der Waals surface area contributed by atoms with Crippen molar-refractivity contribution in [3.05, 3.63) is 79.0 Å². The quantitative estimate of drug-likeness (QED) is 0.548. The third-order valence-electron chi connectivity index (χ3n) is 5.56. The lowest BCUT2D eigenvalue weighted by atomic mass is 10.1. The van der Waals surface area contributed by atoms with E-state index >= 15 is 0 Å². The molecule has 1 fully saturated rings. The maximum atomic E-state index is 5.53. The van der Waals surface area contributed by atoms with Gasteiger partial charge in [0.25, 0.3) is 0 Å². The first-order valence-corrected chi connectivity index (χ1v) is 9.60. The number of imidazole rings is 1. The van der Waals surface area contributed by atoms with Crippen molar-refractivity contribution in [2.24, 2.45) is 0 Å². The van der Waals surface area contributed by atoms with Crippen molar-refractivity contribution >= 4 is 5.52 Å². The Balaban J connectivity index is 1.43. The lowest BCUT2D eigenvalue weighted by molar-refractivity contribution is 0.0843. The number of likely N-dealkylation sites (N-methyl/N-ethyl adjacent to an activating group) is 1. The van der Waals surface area contributed by atoms with Gasteiger partial charge >= 0.3 is 0 Å². The molecule has 0 amide bonds. The molecule has 0 aromatic carbocycles.